The second-order valence-corrected chi connectivity index (χ2v) is 7.09. The van der Waals surface area contributed by atoms with Crippen LogP contribution in [0.15, 0.2) is 18.2 Å². The Labute approximate surface area is 147 Å². The van der Waals surface area contributed by atoms with Crippen LogP contribution in [0.5, 0.6) is 11.5 Å². The molecule has 0 bridgehead atoms. The summed E-state index contributed by atoms with van der Waals surface area (Å²) in [6.07, 6.45) is 3.36. The molecule has 4 rings (SSSR count). The zero-order valence-corrected chi connectivity index (χ0v) is 14.6. The summed E-state index contributed by atoms with van der Waals surface area (Å²) in [5, 5.41) is 0. The maximum Gasteiger partial charge on any atom is 0.257 e. The van der Waals surface area contributed by atoms with E-state index in [-0.39, 0.29) is 17.9 Å². The van der Waals surface area contributed by atoms with Crippen molar-refractivity contribution < 1.29 is 19.1 Å². The molecular weight excluding hydrogens is 320 g/mol. The summed E-state index contributed by atoms with van der Waals surface area (Å²) in [5.74, 6) is 1.79. The third kappa shape index (κ3) is 2.94. The second-order valence-electron chi connectivity index (χ2n) is 7.09. The van der Waals surface area contributed by atoms with Crippen molar-refractivity contribution in [3.63, 3.8) is 0 Å². The van der Waals surface area contributed by atoms with Gasteiger partial charge in [0.15, 0.2) is 11.5 Å². The van der Waals surface area contributed by atoms with Gasteiger partial charge in [-0.15, -0.1) is 0 Å². The van der Waals surface area contributed by atoms with Crippen molar-refractivity contribution in [1.29, 1.82) is 0 Å². The van der Waals surface area contributed by atoms with E-state index in [1.807, 2.05) is 35.0 Å². The molecule has 0 radical (unpaired) electrons. The molecule has 25 heavy (non-hydrogen) atoms. The SMILES string of the molecule is CN1C(=O)CCC[C@H]2CN(C(=O)c3cccc4c3OCCO4)CC[C@H]21. The third-order valence-corrected chi connectivity index (χ3v) is 5.63. The largest absolute Gasteiger partial charge is 0.486 e. The van der Waals surface area contributed by atoms with Crippen LogP contribution in [0.2, 0.25) is 0 Å². The number of amides is 2. The summed E-state index contributed by atoms with van der Waals surface area (Å²) in [4.78, 5) is 29.0. The fraction of sp³-hybridized carbons (Fsp3) is 0.579. The van der Waals surface area contributed by atoms with E-state index in [0.29, 0.717) is 55.7 Å². The van der Waals surface area contributed by atoms with Gasteiger partial charge in [0.1, 0.15) is 13.2 Å². The highest BCUT2D eigenvalue weighted by Gasteiger charge is 2.38. The van der Waals surface area contributed by atoms with Gasteiger partial charge in [0.2, 0.25) is 5.91 Å². The summed E-state index contributed by atoms with van der Waals surface area (Å²) < 4.78 is 11.3. The molecule has 0 spiro atoms. The molecule has 0 unspecified atom stereocenters. The van der Waals surface area contributed by atoms with Crippen LogP contribution in [0.4, 0.5) is 0 Å². The zero-order valence-electron chi connectivity index (χ0n) is 14.6. The number of carbonyl (C=O) groups is 2. The first-order chi connectivity index (χ1) is 12.1. The lowest BCUT2D eigenvalue weighted by atomic mass is 9.88. The van der Waals surface area contributed by atoms with Crippen molar-refractivity contribution in [2.24, 2.45) is 5.92 Å². The predicted molar refractivity (Wildman–Crippen MR) is 91.9 cm³/mol. The molecule has 2 amide bonds. The first-order valence-corrected chi connectivity index (χ1v) is 9.08. The topological polar surface area (TPSA) is 59.1 Å². The van der Waals surface area contributed by atoms with E-state index >= 15 is 0 Å². The summed E-state index contributed by atoms with van der Waals surface area (Å²) in [7, 11) is 1.90. The lowest BCUT2D eigenvalue weighted by molar-refractivity contribution is -0.132. The normalized spacial score (nSPS) is 26.0. The van der Waals surface area contributed by atoms with Crippen molar-refractivity contribution in [3.05, 3.63) is 23.8 Å². The van der Waals surface area contributed by atoms with Crippen LogP contribution in [0.3, 0.4) is 0 Å². The van der Waals surface area contributed by atoms with E-state index < -0.39 is 0 Å². The molecule has 1 aromatic rings. The Morgan fingerprint density at radius 3 is 2.92 bits per heavy atom. The van der Waals surface area contributed by atoms with E-state index in [9.17, 15) is 9.59 Å². The van der Waals surface area contributed by atoms with Crippen molar-refractivity contribution in [2.45, 2.75) is 31.7 Å². The lowest BCUT2D eigenvalue weighted by Gasteiger charge is -2.41. The predicted octanol–water partition coefficient (Wildman–Crippen LogP) is 1.93. The Morgan fingerprint density at radius 1 is 1.20 bits per heavy atom. The van der Waals surface area contributed by atoms with E-state index in [2.05, 4.69) is 0 Å². The van der Waals surface area contributed by atoms with Gasteiger partial charge >= 0.3 is 0 Å². The fourth-order valence-electron chi connectivity index (χ4n) is 4.29. The molecule has 6 heteroatoms. The average molecular weight is 344 g/mol. The van der Waals surface area contributed by atoms with Gasteiger partial charge in [-0.25, -0.2) is 0 Å². The minimum absolute atomic E-state index is 0.000901. The number of piperidine rings is 1. The maximum absolute atomic E-state index is 13.1. The highest BCUT2D eigenvalue weighted by molar-refractivity contribution is 5.98. The van der Waals surface area contributed by atoms with Crippen LogP contribution in [0, 0.1) is 5.92 Å². The zero-order chi connectivity index (χ0) is 17.4. The van der Waals surface area contributed by atoms with Crippen molar-refractivity contribution in [1.82, 2.24) is 9.80 Å². The van der Waals surface area contributed by atoms with Crippen LogP contribution in [0.25, 0.3) is 0 Å². The van der Waals surface area contributed by atoms with Gasteiger partial charge in [-0.1, -0.05) is 6.07 Å². The molecule has 3 aliphatic rings. The second kappa shape index (κ2) is 6.58. The highest BCUT2D eigenvalue weighted by atomic mass is 16.6. The van der Waals surface area contributed by atoms with Crippen molar-refractivity contribution in [2.75, 3.05) is 33.4 Å². The Balaban J connectivity index is 1.54. The standard InChI is InChI=1S/C19H24N2O4/c1-20-15-8-9-21(12-13(15)4-2-7-17(20)22)19(23)14-5-3-6-16-18(14)25-11-10-24-16/h3,5-6,13,15H,2,4,7-12H2,1H3/t13-,15+/m0/s1. The smallest absolute Gasteiger partial charge is 0.257 e. The van der Waals surface area contributed by atoms with E-state index in [4.69, 9.17) is 9.47 Å². The van der Waals surface area contributed by atoms with Crippen molar-refractivity contribution in [3.8, 4) is 11.5 Å². The molecule has 0 saturated carbocycles. The average Bonchev–Trinajstić information content (AvgIpc) is 2.79. The number of rotatable bonds is 1. The van der Waals surface area contributed by atoms with Crippen molar-refractivity contribution >= 4 is 11.8 Å². The lowest BCUT2D eigenvalue weighted by Crippen LogP contribution is -2.51. The van der Waals surface area contributed by atoms with E-state index in [0.717, 1.165) is 19.3 Å². The van der Waals surface area contributed by atoms with Gasteiger partial charge < -0.3 is 19.3 Å². The number of nitrogens with zero attached hydrogens (tertiary/aromatic N) is 2. The van der Waals surface area contributed by atoms with Crippen LogP contribution in [-0.4, -0.2) is 61.0 Å². The van der Waals surface area contributed by atoms with Crippen LogP contribution < -0.4 is 9.47 Å². The van der Waals surface area contributed by atoms with Gasteiger partial charge in [0.05, 0.1) is 5.56 Å². The van der Waals surface area contributed by atoms with Crippen LogP contribution in [0.1, 0.15) is 36.0 Å². The Bertz CT molecular complexity index is 690. The monoisotopic (exact) mass is 344 g/mol. The number of ether oxygens (including phenoxy) is 2. The van der Waals surface area contributed by atoms with Crippen LogP contribution >= 0.6 is 0 Å². The molecule has 3 aliphatic heterocycles. The van der Waals surface area contributed by atoms with Gasteiger partial charge in [0.25, 0.3) is 5.91 Å². The minimum Gasteiger partial charge on any atom is -0.486 e. The highest BCUT2D eigenvalue weighted by Crippen LogP contribution is 2.36. The number of likely N-dealkylation sites (tertiary alicyclic amines) is 2. The molecule has 2 fully saturated rings. The Morgan fingerprint density at radius 2 is 2.04 bits per heavy atom. The molecule has 1 aromatic carbocycles. The van der Waals surface area contributed by atoms with E-state index in [1.54, 1.807) is 0 Å². The number of hydrogen-bond donors (Lipinski definition) is 0. The minimum atomic E-state index is -0.000901. The maximum atomic E-state index is 13.1. The quantitative estimate of drug-likeness (QED) is 0.781. The van der Waals surface area contributed by atoms with E-state index in [1.165, 1.54) is 0 Å². The molecule has 2 atom stereocenters. The molecule has 134 valence electrons. The number of benzene rings is 1. The van der Waals surface area contributed by atoms with Gasteiger partial charge in [0, 0.05) is 32.6 Å². The molecule has 0 N–H and O–H groups in total. The number of hydrogen-bond acceptors (Lipinski definition) is 4. The molecule has 6 nitrogen and oxygen atoms in total. The molecule has 0 aromatic heterocycles. The summed E-state index contributed by atoms with van der Waals surface area (Å²) in [6.45, 7) is 2.35. The molecule has 3 heterocycles. The number of carbonyl (C=O) groups excluding carboxylic acids is 2. The van der Waals surface area contributed by atoms with Gasteiger partial charge in [-0.2, -0.15) is 0 Å². The Kier molecular flexibility index (Phi) is 4.27. The van der Waals surface area contributed by atoms with Crippen LogP contribution in [-0.2, 0) is 4.79 Å². The van der Waals surface area contributed by atoms with Gasteiger partial charge in [-0.3, -0.25) is 9.59 Å². The molecular formula is C19H24N2O4. The first kappa shape index (κ1) is 16.2. The Hall–Kier alpha value is -2.24. The fourth-order valence-corrected chi connectivity index (χ4v) is 4.29. The summed E-state index contributed by atoms with van der Waals surface area (Å²) >= 11 is 0. The number of fused-ring (bicyclic) bond motifs is 2. The third-order valence-electron chi connectivity index (χ3n) is 5.63. The molecule has 0 aliphatic carbocycles. The molecule has 2 saturated heterocycles. The summed E-state index contributed by atoms with van der Waals surface area (Å²) in [6, 6.07) is 5.74. The van der Waals surface area contributed by atoms with Gasteiger partial charge in [-0.05, 0) is 37.3 Å². The number of para-hydroxylation sites is 1. The summed E-state index contributed by atoms with van der Waals surface area (Å²) in [5.41, 5.74) is 0.578. The first-order valence-electron chi connectivity index (χ1n) is 9.08.